The van der Waals surface area contributed by atoms with E-state index in [0.717, 1.165) is 0 Å². The molecular formula is C49H61NO13P2Si2. The first kappa shape index (κ1) is 49.5. The van der Waals surface area contributed by atoms with Gasteiger partial charge < -0.3 is 42.7 Å². The van der Waals surface area contributed by atoms with Crippen molar-refractivity contribution in [3.05, 3.63) is 119 Å². The van der Waals surface area contributed by atoms with Gasteiger partial charge in [-0.25, -0.2) is 9.59 Å². The van der Waals surface area contributed by atoms with Crippen LogP contribution in [0.3, 0.4) is 0 Å². The lowest BCUT2D eigenvalue weighted by atomic mass is 9.47. The molecule has 0 aromatic heterocycles. The van der Waals surface area contributed by atoms with Gasteiger partial charge in [0.15, 0.2) is 34.1 Å². The maximum absolute atomic E-state index is 16.3. The van der Waals surface area contributed by atoms with E-state index in [2.05, 4.69) is 40.4 Å². The second-order valence-electron chi connectivity index (χ2n) is 20.1. The smallest absolute Gasteiger partial charge is 0.338 e. The summed E-state index contributed by atoms with van der Waals surface area (Å²) in [6, 6.07) is 24.8. The molecule has 3 aliphatic carbocycles. The molecule has 3 unspecified atom stereocenters. The first-order valence-electron chi connectivity index (χ1n) is 22.8. The van der Waals surface area contributed by atoms with E-state index in [4.69, 9.17) is 32.3 Å². The number of esters is 3. The standard InChI is InChI=1S/C49H61NO13P2Si2/c1-28-34(58-46(55)40(61-65-64)38(31-18-12-9-13-19-31)50-44(53)32-20-14-10-15-21-32)25-48(56)29(2)37(28)39-42(52)47(4)35(62-66(5,6)27-67(7,8)63-39)24-36-49(26-57-36,60-30(3)51)41(47)43(48)59-45(54)33-22-16-11-17-23-33/h9-23,29,34-36,38-41,43,56,65H,24-27,64H2,1-8H3,(H,50,53)/t29-,34+,35+,36-,38+,39-,40-,41?,43+,47-,48+,49+/m1/s1. The summed E-state index contributed by atoms with van der Waals surface area (Å²) < 4.78 is 46.4. The SMILES string of the molecule is CC(=O)O[C@@]12CO[C@@H]1C[C@@H]1O[Si](C)(C)C[Si](C)(C)O[C@H]3C(=O)[C@@]1(C)C2[C@H](OC(=O)c1ccccc1)[C@]1(O)C[C@H](OC(=O)[C@H](OPP)[C@@H](NC(=O)c2ccccc2)c2ccccc2)C(C)=C3[C@H]1C. The Morgan fingerprint density at radius 1 is 0.881 bits per heavy atom. The Balaban J connectivity index is 1.31. The van der Waals surface area contributed by atoms with Crippen LogP contribution in [0, 0.1) is 17.3 Å². The van der Waals surface area contributed by atoms with Gasteiger partial charge in [0.2, 0.25) is 0 Å². The van der Waals surface area contributed by atoms with E-state index in [1.165, 1.54) is 6.92 Å². The molecule has 8 rings (SSSR count). The number of ether oxygens (including phenoxy) is 4. The number of carbonyl (C=O) groups excluding carboxylic acids is 5. The van der Waals surface area contributed by atoms with E-state index in [9.17, 15) is 19.5 Å². The van der Waals surface area contributed by atoms with Crippen LogP contribution in [0.5, 0.6) is 0 Å². The molecule has 18 heteroatoms. The number of fused-ring (bicyclic) bond motifs is 6. The second kappa shape index (κ2) is 18.7. The third kappa shape index (κ3) is 9.07. The molecule has 3 aromatic carbocycles. The molecule has 2 saturated heterocycles. The molecule has 4 fully saturated rings. The van der Waals surface area contributed by atoms with Crippen LogP contribution in [0.4, 0.5) is 0 Å². The van der Waals surface area contributed by atoms with E-state index in [1.54, 1.807) is 106 Å². The molecular weight excluding hydrogens is 929 g/mol. The number of benzene rings is 3. The Bertz CT molecular complexity index is 2430. The molecule has 0 radical (unpaired) electrons. The Morgan fingerprint density at radius 2 is 1.48 bits per heavy atom. The van der Waals surface area contributed by atoms with Crippen LogP contribution >= 0.6 is 17.4 Å². The molecule has 358 valence electrons. The fraction of sp³-hybridized carbons (Fsp3) is 0.490. The average molecular weight is 990 g/mol. The molecule has 2 saturated carbocycles. The quantitative estimate of drug-likeness (QED) is 0.0648. The Morgan fingerprint density at radius 3 is 2.06 bits per heavy atom. The Labute approximate surface area is 397 Å². The molecule has 2 aliphatic heterocycles. The average Bonchev–Trinajstić information content (AvgIpc) is 3.30. The maximum Gasteiger partial charge on any atom is 0.338 e. The summed E-state index contributed by atoms with van der Waals surface area (Å²) in [5.41, 5.74) is -2.61. The lowest BCUT2D eigenvalue weighted by Crippen LogP contribution is -2.81. The number of ketones is 1. The first-order chi connectivity index (χ1) is 31.7. The minimum absolute atomic E-state index is 0.140. The molecule has 1 amide bonds. The van der Waals surface area contributed by atoms with Crippen molar-refractivity contribution in [1.82, 2.24) is 5.32 Å². The van der Waals surface area contributed by atoms with Gasteiger partial charge in [-0.15, -0.1) is 0 Å². The number of hydrogen-bond donors (Lipinski definition) is 2. The van der Waals surface area contributed by atoms with Gasteiger partial charge in [0.1, 0.15) is 30.0 Å². The summed E-state index contributed by atoms with van der Waals surface area (Å²) in [6.45, 7) is 14.8. The molecule has 0 spiro atoms. The monoisotopic (exact) mass is 989 g/mol. The molecule has 2 heterocycles. The van der Waals surface area contributed by atoms with Crippen molar-refractivity contribution >= 4 is 63.7 Å². The zero-order valence-electron chi connectivity index (χ0n) is 39.1. The molecule has 14 atom stereocenters. The number of rotatable bonds is 11. The van der Waals surface area contributed by atoms with Gasteiger partial charge in [-0.1, -0.05) is 82.6 Å². The van der Waals surface area contributed by atoms with Crippen LogP contribution < -0.4 is 5.32 Å². The van der Waals surface area contributed by atoms with Crippen molar-refractivity contribution < 1.29 is 61.4 Å². The van der Waals surface area contributed by atoms with Crippen molar-refractivity contribution in [2.75, 3.05) is 6.61 Å². The highest BCUT2D eigenvalue weighted by atomic mass is 32.0. The molecule has 4 bridgehead atoms. The van der Waals surface area contributed by atoms with Gasteiger partial charge >= 0.3 is 17.9 Å². The van der Waals surface area contributed by atoms with Crippen molar-refractivity contribution in [3.8, 4) is 0 Å². The molecule has 5 aliphatic rings. The van der Waals surface area contributed by atoms with Crippen molar-refractivity contribution in [2.45, 2.75) is 126 Å². The van der Waals surface area contributed by atoms with Crippen LogP contribution in [0.25, 0.3) is 0 Å². The summed E-state index contributed by atoms with van der Waals surface area (Å²) >= 11 is 0. The van der Waals surface area contributed by atoms with Gasteiger partial charge in [-0.05, 0) is 86.7 Å². The number of amides is 1. The third-order valence-corrected chi connectivity index (χ3v) is 24.0. The zero-order valence-corrected chi connectivity index (χ0v) is 43.3. The fourth-order valence-corrected chi connectivity index (χ4v) is 23.5. The predicted molar refractivity (Wildman–Crippen MR) is 258 cm³/mol. The highest BCUT2D eigenvalue weighted by Crippen LogP contribution is 2.63. The summed E-state index contributed by atoms with van der Waals surface area (Å²) in [6.07, 6.45) is -7.17. The highest BCUT2D eigenvalue weighted by molar-refractivity contribution is 8.00. The van der Waals surface area contributed by atoms with Gasteiger partial charge in [-0.3, -0.25) is 14.4 Å². The second-order valence-corrected chi connectivity index (χ2v) is 30.2. The van der Waals surface area contributed by atoms with Gasteiger partial charge in [0.05, 0.1) is 35.6 Å². The normalized spacial score (nSPS) is 33.8. The zero-order chi connectivity index (χ0) is 48.3. The first-order valence-corrected chi connectivity index (χ1v) is 31.7. The van der Waals surface area contributed by atoms with E-state index in [1.807, 2.05) is 6.07 Å². The molecule has 67 heavy (non-hydrogen) atoms. The summed E-state index contributed by atoms with van der Waals surface area (Å²) in [4.78, 5) is 72.9. The van der Waals surface area contributed by atoms with Crippen molar-refractivity contribution in [3.63, 3.8) is 0 Å². The number of Topliss-reactive ketones (excluding diaryl/α,β-unsaturated/α-hetero) is 1. The lowest BCUT2D eigenvalue weighted by Gasteiger charge is -2.67. The molecule has 3 aromatic rings. The summed E-state index contributed by atoms with van der Waals surface area (Å²) in [5, 5.41) is 17.0. The number of carbonyl (C=O) groups is 5. The summed E-state index contributed by atoms with van der Waals surface area (Å²) in [5.74, 6) is -5.28. The van der Waals surface area contributed by atoms with Crippen LogP contribution in [-0.4, -0.2) is 106 Å². The van der Waals surface area contributed by atoms with Crippen LogP contribution in [0.2, 0.25) is 31.9 Å². The van der Waals surface area contributed by atoms with Crippen LogP contribution in [0.15, 0.2) is 102 Å². The van der Waals surface area contributed by atoms with Gasteiger partial charge in [0, 0.05) is 39.7 Å². The van der Waals surface area contributed by atoms with E-state index < -0.39 is 112 Å². The number of nitrogens with one attached hydrogen (secondary N) is 1. The molecule has 14 nitrogen and oxygen atoms in total. The lowest BCUT2D eigenvalue weighted by molar-refractivity contribution is -0.341. The van der Waals surface area contributed by atoms with E-state index in [-0.39, 0.29) is 39.3 Å². The fourth-order valence-electron chi connectivity index (χ4n) is 11.8. The van der Waals surface area contributed by atoms with Crippen LogP contribution in [0.1, 0.15) is 72.9 Å². The predicted octanol–water partition coefficient (Wildman–Crippen LogP) is 7.19. The van der Waals surface area contributed by atoms with Gasteiger partial charge in [-0.2, -0.15) is 0 Å². The minimum Gasteiger partial charge on any atom is -0.456 e. The molecule has 2 N–H and O–H groups in total. The number of hydrogen-bond acceptors (Lipinski definition) is 13. The maximum atomic E-state index is 16.3. The highest BCUT2D eigenvalue weighted by Gasteiger charge is 2.77. The number of aliphatic hydroxyl groups is 1. The topological polar surface area (TPSA) is 182 Å². The minimum atomic E-state index is -2.82. The van der Waals surface area contributed by atoms with Crippen LogP contribution in [-0.2, 0) is 46.7 Å². The Hall–Kier alpha value is -3.96. The van der Waals surface area contributed by atoms with E-state index >= 15 is 9.59 Å². The third-order valence-electron chi connectivity index (χ3n) is 14.6. The largest absolute Gasteiger partial charge is 0.456 e. The van der Waals surface area contributed by atoms with Gasteiger partial charge in [0.25, 0.3) is 5.91 Å². The van der Waals surface area contributed by atoms with Crippen molar-refractivity contribution in [2.24, 2.45) is 17.3 Å². The summed E-state index contributed by atoms with van der Waals surface area (Å²) in [7, 11) is -3.32. The van der Waals surface area contributed by atoms with Crippen molar-refractivity contribution in [1.29, 1.82) is 0 Å². The Kier molecular flexibility index (Phi) is 13.8. The van der Waals surface area contributed by atoms with E-state index in [0.29, 0.717) is 27.9 Å².